The van der Waals surface area contributed by atoms with Crippen LogP contribution in [0, 0.1) is 13.8 Å². The van der Waals surface area contributed by atoms with Gasteiger partial charge in [-0.25, -0.2) is 4.98 Å². The standard InChI is InChI=1S/C15H24N2O3S/c1-5-19-13(18)15(16-4)8-6-7-12(9-15)21-14-17-10(2)11(3)20-14/h12,16H,5-9H2,1-4H3. The Morgan fingerprint density at radius 2 is 2.33 bits per heavy atom. The van der Waals surface area contributed by atoms with Gasteiger partial charge in [-0.3, -0.25) is 4.79 Å². The number of oxazole rings is 1. The van der Waals surface area contributed by atoms with E-state index < -0.39 is 5.54 Å². The van der Waals surface area contributed by atoms with E-state index in [-0.39, 0.29) is 5.97 Å². The van der Waals surface area contributed by atoms with Crippen LogP contribution in [0.25, 0.3) is 0 Å². The Bertz CT molecular complexity index is 484. The lowest BCUT2D eigenvalue weighted by Gasteiger charge is -2.37. The van der Waals surface area contributed by atoms with Crippen LogP contribution in [0.4, 0.5) is 0 Å². The van der Waals surface area contributed by atoms with Crippen molar-refractivity contribution in [1.82, 2.24) is 10.3 Å². The van der Waals surface area contributed by atoms with E-state index in [4.69, 9.17) is 9.15 Å². The maximum Gasteiger partial charge on any atom is 0.326 e. The summed E-state index contributed by atoms with van der Waals surface area (Å²) >= 11 is 1.63. The molecule has 0 bridgehead atoms. The number of esters is 1. The highest BCUT2D eigenvalue weighted by atomic mass is 32.2. The highest BCUT2D eigenvalue weighted by Gasteiger charge is 2.43. The number of ether oxygens (including phenoxy) is 1. The maximum atomic E-state index is 12.3. The number of rotatable bonds is 5. The van der Waals surface area contributed by atoms with Gasteiger partial charge >= 0.3 is 5.97 Å². The second kappa shape index (κ2) is 6.83. The zero-order valence-corrected chi connectivity index (χ0v) is 14.0. The van der Waals surface area contributed by atoms with Crippen molar-refractivity contribution in [3.8, 4) is 0 Å². The van der Waals surface area contributed by atoms with Crippen LogP contribution in [-0.4, -0.2) is 35.4 Å². The first-order valence-electron chi connectivity index (χ1n) is 7.47. The molecule has 1 aliphatic carbocycles. The van der Waals surface area contributed by atoms with Gasteiger partial charge in [-0.2, -0.15) is 0 Å². The number of nitrogens with zero attached hydrogens (tertiary/aromatic N) is 1. The number of aryl methyl sites for hydroxylation is 2. The summed E-state index contributed by atoms with van der Waals surface area (Å²) in [6.45, 7) is 6.12. The number of carbonyl (C=O) groups is 1. The van der Waals surface area contributed by atoms with Gasteiger partial charge in [0.1, 0.15) is 11.3 Å². The predicted octanol–water partition coefficient (Wildman–Crippen LogP) is 2.85. The largest absolute Gasteiger partial charge is 0.465 e. The second-order valence-corrected chi connectivity index (χ2v) is 6.76. The van der Waals surface area contributed by atoms with Gasteiger partial charge in [0, 0.05) is 5.25 Å². The highest BCUT2D eigenvalue weighted by molar-refractivity contribution is 7.99. The number of nitrogens with one attached hydrogen (secondary N) is 1. The summed E-state index contributed by atoms with van der Waals surface area (Å²) in [5.74, 6) is 0.719. The Hall–Kier alpha value is -1.01. The number of hydrogen-bond donors (Lipinski definition) is 1. The molecule has 2 rings (SSSR count). The lowest BCUT2D eigenvalue weighted by Crippen LogP contribution is -2.54. The molecule has 1 saturated carbocycles. The van der Waals surface area contributed by atoms with E-state index in [9.17, 15) is 4.79 Å². The number of hydrogen-bond acceptors (Lipinski definition) is 6. The number of likely N-dealkylation sites (N-methyl/N-ethyl adjacent to an activating group) is 1. The van der Waals surface area contributed by atoms with Crippen LogP contribution in [0.3, 0.4) is 0 Å². The van der Waals surface area contributed by atoms with E-state index in [1.807, 2.05) is 27.8 Å². The summed E-state index contributed by atoms with van der Waals surface area (Å²) < 4.78 is 10.9. The topological polar surface area (TPSA) is 64.4 Å². The molecule has 2 unspecified atom stereocenters. The Labute approximate surface area is 130 Å². The van der Waals surface area contributed by atoms with E-state index in [1.165, 1.54) is 0 Å². The average molecular weight is 312 g/mol. The molecule has 21 heavy (non-hydrogen) atoms. The van der Waals surface area contributed by atoms with Crippen LogP contribution in [0.15, 0.2) is 9.64 Å². The highest BCUT2D eigenvalue weighted by Crippen LogP contribution is 2.38. The van der Waals surface area contributed by atoms with Crippen LogP contribution >= 0.6 is 11.8 Å². The van der Waals surface area contributed by atoms with Gasteiger partial charge in [0.15, 0.2) is 0 Å². The molecule has 1 aliphatic rings. The second-order valence-electron chi connectivity index (χ2n) is 5.51. The fourth-order valence-corrected chi connectivity index (χ4v) is 4.05. The number of thioether (sulfide) groups is 1. The summed E-state index contributed by atoms with van der Waals surface area (Å²) in [6, 6.07) is 0. The molecule has 5 nitrogen and oxygen atoms in total. The molecule has 0 aromatic carbocycles. The summed E-state index contributed by atoms with van der Waals surface area (Å²) in [5, 5.41) is 4.21. The number of carbonyl (C=O) groups excluding carboxylic acids is 1. The minimum Gasteiger partial charge on any atom is -0.465 e. The summed E-state index contributed by atoms with van der Waals surface area (Å²) in [4.78, 5) is 16.7. The molecule has 1 aromatic heterocycles. The van der Waals surface area contributed by atoms with Crippen molar-refractivity contribution in [2.45, 2.75) is 62.5 Å². The van der Waals surface area contributed by atoms with Crippen molar-refractivity contribution < 1.29 is 13.9 Å². The fraction of sp³-hybridized carbons (Fsp3) is 0.733. The molecule has 0 spiro atoms. The van der Waals surface area contributed by atoms with Crippen LogP contribution in [-0.2, 0) is 9.53 Å². The first-order valence-corrected chi connectivity index (χ1v) is 8.35. The fourth-order valence-electron chi connectivity index (χ4n) is 2.74. The van der Waals surface area contributed by atoms with Gasteiger partial charge in [0.2, 0.25) is 0 Å². The summed E-state index contributed by atoms with van der Waals surface area (Å²) in [6.07, 6.45) is 3.63. The Morgan fingerprint density at radius 1 is 1.57 bits per heavy atom. The Morgan fingerprint density at radius 3 is 2.90 bits per heavy atom. The maximum absolute atomic E-state index is 12.3. The lowest BCUT2D eigenvalue weighted by atomic mass is 9.81. The molecule has 1 aromatic rings. The molecule has 0 amide bonds. The third-order valence-corrected chi connectivity index (χ3v) is 5.24. The van der Waals surface area contributed by atoms with Crippen molar-refractivity contribution in [3.05, 3.63) is 11.5 Å². The molecular weight excluding hydrogens is 288 g/mol. The molecular formula is C15H24N2O3S. The average Bonchev–Trinajstić information content (AvgIpc) is 2.77. The molecule has 0 radical (unpaired) electrons. The monoisotopic (exact) mass is 312 g/mol. The molecule has 0 saturated heterocycles. The van der Waals surface area contributed by atoms with E-state index in [0.29, 0.717) is 17.1 Å². The summed E-state index contributed by atoms with van der Waals surface area (Å²) in [5.41, 5.74) is 0.362. The van der Waals surface area contributed by atoms with Crippen molar-refractivity contribution in [2.24, 2.45) is 0 Å². The van der Waals surface area contributed by atoms with Gasteiger partial charge in [0.05, 0.1) is 12.3 Å². The van der Waals surface area contributed by atoms with Crippen molar-refractivity contribution >= 4 is 17.7 Å². The third-order valence-electron chi connectivity index (χ3n) is 4.13. The SMILES string of the molecule is CCOC(=O)C1(NC)CCCC(Sc2nc(C)c(C)o2)C1. The first kappa shape index (κ1) is 16.4. The minimum absolute atomic E-state index is 0.141. The molecule has 1 N–H and O–H groups in total. The Kier molecular flexibility index (Phi) is 5.32. The van der Waals surface area contributed by atoms with Crippen molar-refractivity contribution in [2.75, 3.05) is 13.7 Å². The molecule has 1 fully saturated rings. The quantitative estimate of drug-likeness (QED) is 0.844. The third kappa shape index (κ3) is 3.61. The zero-order chi connectivity index (χ0) is 15.5. The lowest BCUT2D eigenvalue weighted by molar-refractivity contribution is -0.152. The van der Waals surface area contributed by atoms with Gasteiger partial charge in [-0.15, -0.1) is 0 Å². The van der Waals surface area contributed by atoms with Crippen molar-refractivity contribution in [3.63, 3.8) is 0 Å². The van der Waals surface area contributed by atoms with Crippen molar-refractivity contribution in [1.29, 1.82) is 0 Å². The van der Waals surface area contributed by atoms with Crippen LogP contribution < -0.4 is 5.32 Å². The normalized spacial score (nSPS) is 25.8. The van der Waals surface area contributed by atoms with Gasteiger partial charge in [-0.1, -0.05) is 11.8 Å². The van der Waals surface area contributed by atoms with Crippen LogP contribution in [0.2, 0.25) is 0 Å². The first-order chi connectivity index (χ1) is 10.0. The number of aromatic nitrogens is 1. The van der Waals surface area contributed by atoms with E-state index in [0.717, 1.165) is 37.1 Å². The predicted molar refractivity (Wildman–Crippen MR) is 82.5 cm³/mol. The smallest absolute Gasteiger partial charge is 0.326 e. The molecule has 0 aliphatic heterocycles. The van der Waals surface area contributed by atoms with Gasteiger partial charge < -0.3 is 14.5 Å². The van der Waals surface area contributed by atoms with Crippen LogP contribution in [0.1, 0.15) is 44.1 Å². The van der Waals surface area contributed by atoms with Crippen LogP contribution in [0.5, 0.6) is 0 Å². The Balaban J connectivity index is 2.06. The molecule has 6 heteroatoms. The molecule has 2 atom stereocenters. The minimum atomic E-state index is -0.567. The van der Waals surface area contributed by atoms with E-state index in [2.05, 4.69) is 10.3 Å². The van der Waals surface area contributed by atoms with Gasteiger partial charge in [0.25, 0.3) is 5.22 Å². The summed E-state index contributed by atoms with van der Waals surface area (Å²) in [7, 11) is 1.84. The van der Waals surface area contributed by atoms with E-state index in [1.54, 1.807) is 11.8 Å². The van der Waals surface area contributed by atoms with Gasteiger partial charge in [-0.05, 0) is 53.5 Å². The molecule has 1 heterocycles. The molecule has 118 valence electrons. The van der Waals surface area contributed by atoms with E-state index >= 15 is 0 Å². The zero-order valence-electron chi connectivity index (χ0n) is 13.2.